The molecule has 0 bridgehead atoms. The summed E-state index contributed by atoms with van der Waals surface area (Å²) in [4.78, 5) is 27.9. The van der Waals surface area contributed by atoms with Crippen LogP contribution in [0.25, 0.3) is 0 Å². The quantitative estimate of drug-likeness (QED) is 0.261. The van der Waals surface area contributed by atoms with Gasteiger partial charge in [-0.25, -0.2) is 4.79 Å². The van der Waals surface area contributed by atoms with E-state index in [4.69, 9.17) is 0 Å². The predicted molar refractivity (Wildman–Crippen MR) is 74.0 cm³/mol. The average molecular weight is 269 g/mol. The molecule has 0 radical (unpaired) electrons. The lowest BCUT2D eigenvalue weighted by Crippen LogP contribution is -2.43. The second-order valence-corrected chi connectivity index (χ2v) is 4.34. The van der Waals surface area contributed by atoms with Crippen molar-refractivity contribution in [3.05, 3.63) is 0 Å². The molecule has 7 heteroatoms. The second-order valence-electron chi connectivity index (χ2n) is 4.34. The van der Waals surface area contributed by atoms with Crippen LogP contribution in [0.15, 0.2) is 4.99 Å². The highest BCUT2D eigenvalue weighted by Gasteiger charge is 2.27. The van der Waals surface area contributed by atoms with Crippen LogP contribution in [0.3, 0.4) is 0 Å². The number of nitrogens with zero attached hydrogens (tertiary/aromatic N) is 2. The van der Waals surface area contributed by atoms with Gasteiger partial charge in [0.05, 0.1) is 6.54 Å². The Morgan fingerprint density at radius 2 is 2.05 bits per heavy atom. The van der Waals surface area contributed by atoms with Gasteiger partial charge in [-0.05, 0) is 6.42 Å². The molecule has 1 aliphatic rings. The summed E-state index contributed by atoms with van der Waals surface area (Å²) in [6.07, 6.45) is 3.47. The smallest absolute Gasteiger partial charge is 0.324 e. The van der Waals surface area contributed by atoms with E-state index in [1.807, 2.05) is 0 Å². The number of imide groups is 1. The summed E-state index contributed by atoms with van der Waals surface area (Å²) in [5.41, 5.74) is 0. The van der Waals surface area contributed by atoms with Gasteiger partial charge in [-0.2, -0.15) is 0 Å². The molecule has 0 unspecified atom stereocenters. The first-order chi connectivity index (χ1) is 9.19. The molecular weight excluding hydrogens is 246 g/mol. The molecule has 1 aliphatic heterocycles. The number of amides is 3. The summed E-state index contributed by atoms with van der Waals surface area (Å²) < 4.78 is 0. The number of nitrogens with one attached hydrogen (secondary N) is 3. The molecule has 1 heterocycles. The number of aliphatic imine (C=N–C) groups is 1. The second kappa shape index (κ2) is 8.34. The van der Waals surface area contributed by atoms with Crippen LogP contribution in [0, 0.1) is 0 Å². The first-order valence-corrected chi connectivity index (χ1v) is 6.71. The maximum Gasteiger partial charge on any atom is 0.324 e. The Morgan fingerprint density at radius 1 is 1.32 bits per heavy atom. The van der Waals surface area contributed by atoms with Crippen molar-refractivity contribution in [3.63, 3.8) is 0 Å². The van der Waals surface area contributed by atoms with E-state index in [9.17, 15) is 9.59 Å². The minimum atomic E-state index is -0.322. The Kier molecular flexibility index (Phi) is 6.70. The van der Waals surface area contributed by atoms with E-state index >= 15 is 0 Å². The predicted octanol–water partition coefficient (Wildman–Crippen LogP) is -0.107. The average Bonchev–Trinajstić information content (AvgIpc) is 2.73. The molecule has 3 N–H and O–H groups in total. The number of carbonyl (C=O) groups is 2. The topological polar surface area (TPSA) is 85.8 Å². The molecule has 1 saturated heterocycles. The summed E-state index contributed by atoms with van der Waals surface area (Å²) in [6, 6.07) is -0.322. The van der Waals surface area contributed by atoms with Crippen LogP contribution < -0.4 is 16.0 Å². The lowest BCUT2D eigenvalue weighted by molar-refractivity contribution is -0.124. The summed E-state index contributed by atoms with van der Waals surface area (Å²) in [7, 11) is 1.70. The molecule has 0 aromatic carbocycles. The molecule has 0 atom stereocenters. The third-order valence-corrected chi connectivity index (χ3v) is 2.86. The van der Waals surface area contributed by atoms with Crippen molar-refractivity contribution in [2.75, 3.05) is 33.2 Å². The number of rotatable bonds is 7. The minimum absolute atomic E-state index is 0.100. The fraction of sp³-hybridized carbons (Fsp3) is 0.750. The van der Waals surface area contributed by atoms with E-state index in [1.54, 1.807) is 7.05 Å². The summed E-state index contributed by atoms with van der Waals surface area (Å²) in [5.74, 6) is 0.515. The summed E-state index contributed by atoms with van der Waals surface area (Å²) in [5, 5.41) is 8.75. The highest BCUT2D eigenvalue weighted by Crippen LogP contribution is 1.97. The number of carbonyl (C=O) groups excluding carboxylic acids is 2. The van der Waals surface area contributed by atoms with Gasteiger partial charge in [0, 0.05) is 26.7 Å². The van der Waals surface area contributed by atoms with Crippen LogP contribution >= 0.6 is 0 Å². The van der Waals surface area contributed by atoms with Crippen LogP contribution in [0.4, 0.5) is 4.79 Å². The molecule has 1 rings (SSSR count). The third-order valence-electron chi connectivity index (χ3n) is 2.86. The van der Waals surface area contributed by atoms with E-state index in [0.717, 1.165) is 13.0 Å². The third kappa shape index (κ3) is 5.15. The molecule has 7 nitrogen and oxygen atoms in total. The Bertz CT molecular complexity index is 327. The molecule has 0 aromatic heterocycles. The van der Waals surface area contributed by atoms with Gasteiger partial charge in [0.25, 0.3) is 0 Å². The van der Waals surface area contributed by atoms with Gasteiger partial charge in [0.2, 0.25) is 5.91 Å². The van der Waals surface area contributed by atoms with Crippen LogP contribution in [0.1, 0.15) is 26.2 Å². The van der Waals surface area contributed by atoms with E-state index in [0.29, 0.717) is 19.0 Å². The van der Waals surface area contributed by atoms with Gasteiger partial charge < -0.3 is 16.0 Å². The fourth-order valence-electron chi connectivity index (χ4n) is 1.77. The summed E-state index contributed by atoms with van der Waals surface area (Å²) in [6.45, 7) is 3.97. The zero-order valence-corrected chi connectivity index (χ0v) is 11.7. The molecule has 0 aliphatic carbocycles. The van der Waals surface area contributed by atoms with E-state index < -0.39 is 0 Å². The molecule has 3 amide bonds. The molecule has 0 aromatic rings. The molecule has 1 fully saturated rings. The fourth-order valence-corrected chi connectivity index (χ4v) is 1.77. The van der Waals surface area contributed by atoms with Crippen molar-refractivity contribution in [3.8, 4) is 0 Å². The van der Waals surface area contributed by atoms with Gasteiger partial charge in [0.1, 0.15) is 0 Å². The molecule has 0 saturated carbocycles. The Balaban J connectivity index is 2.19. The molecule has 108 valence electrons. The maximum atomic E-state index is 11.3. The van der Waals surface area contributed by atoms with Gasteiger partial charge in [-0.3, -0.25) is 14.7 Å². The number of unbranched alkanes of at least 4 members (excludes halogenated alkanes) is 2. The zero-order valence-electron chi connectivity index (χ0n) is 11.7. The number of urea groups is 1. The van der Waals surface area contributed by atoms with Crippen molar-refractivity contribution in [2.45, 2.75) is 26.2 Å². The van der Waals surface area contributed by atoms with Crippen molar-refractivity contribution in [1.82, 2.24) is 20.9 Å². The SMILES string of the molecule is CCCCCNC(=NC)NCCN1C(=O)CNC1=O. The Labute approximate surface area is 113 Å². The number of hydrogen-bond acceptors (Lipinski definition) is 3. The zero-order chi connectivity index (χ0) is 14.1. The molecular formula is C12H23N5O2. The van der Waals surface area contributed by atoms with Crippen LogP contribution in [0.5, 0.6) is 0 Å². The lowest BCUT2D eigenvalue weighted by atomic mass is 10.2. The van der Waals surface area contributed by atoms with Gasteiger partial charge in [0.15, 0.2) is 5.96 Å². The highest BCUT2D eigenvalue weighted by atomic mass is 16.2. The largest absolute Gasteiger partial charge is 0.356 e. The standard InChI is InChI=1S/C12H23N5O2/c1-3-4-5-6-14-11(13-2)15-7-8-17-10(18)9-16-12(17)19/h3-9H2,1-2H3,(H,16,19)(H2,13,14,15). The highest BCUT2D eigenvalue weighted by molar-refractivity contribution is 6.01. The van der Waals surface area contributed by atoms with Crippen molar-refractivity contribution < 1.29 is 9.59 Å². The van der Waals surface area contributed by atoms with Crippen LogP contribution in [-0.2, 0) is 4.79 Å². The number of guanidine groups is 1. The number of hydrogen-bond donors (Lipinski definition) is 3. The molecule has 19 heavy (non-hydrogen) atoms. The van der Waals surface area contributed by atoms with Crippen molar-refractivity contribution in [2.24, 2.45) is 4.99 Å². The first kappa shape index (κ1) is 15.3. The van der Waals surface area contributed by atoms with Gasteiger partial charge in [-0.15, -0.1) is 0 Å². The van der Waals surface area contributed by atoms with Gasteiger partial charge in [-0.1, -0.05) is 19.8 Å². The lowest BCUT2D eigenvalue weighted by Gasteiger charge is -2.15. The summed E-state index contributed by atoms with van der Waals surface area (Å²) >= 11 is 0. The Morgan fingerprint density at radius 3 is 2.63 bits per heavy atom. The van der Waals surface area contributed by atoms with Crippen molar-refractivity contribution >= 4 is 17.9 Å². The Hall–Kier alpha value is -1.79. The van der Waals surface area contributed by atoms with Gasteiger partial charge >= 0.3 is 6.03 Å². The van der Waals surface area contributed by atoms with Crippen molar-refractivity contribution in [1.29, 1.82) is 0 Å². The van der Waals surface area contributed by atoms with Crippen LogP contribution in [0.2, 0.25) is 0 Å². The first-order valence-electron chi connectivity index (χ1n) is 6.71. The maximum absolute atomic E-state index is 11.3. The van der Waals surface area contributed by atoms with Crippen LogP contribution in [-0.4, -0.2) is 56.0 Å². The minimum Gasteiger partial charge on any atom is -0.356 e. The van der Waals surface area contributed by atoms with E-state index in [-0.39, 0.29) is 18.5 Å². The molecule has 0 spiro atoms. The van der Waals surface area contributed by atoms with E-state index in [1.165, 1.54) is 17.7 Å². The monoisotopic (exact) mass is 269 g/mol. The normalized spacial score (nSPS) is 15.7. The van der Waals surface area contributed by atoms with E-state index in [2.05, 4.69) is 27.9 Å².